The number of carboxylic acid groups (broad SMARTS) is 1. The molecule has 0 saturated carbocycles. The fourth-order valence-electron chi connectivity index (χ4n) is 3.17. The van der Waals surface area contributed by atoms with Gasteiger partial charge in [-0.25, -0.2) is 4.79 Å². The molecular formula is C21H22N2O4. The molecule has 1 aliphatic rings. The lowest BCUT2D eigenvalue weighted by atomic mass is 10.1. The molecule has 0 unspecified atom stereocenters. The van der Waals surface area contributed by atoms with Crippen LogP contribution in [0, 0.1) is 0 Å². The van der Waals surface area contributed by atoms with Crippen LogP contribution in [0.3, 0.4) is 0 Å². The fraction of sp³-hybridized carbons (Fsp3) is 0.286. The predicted molar refractivity (Wildman–Crippen MR) is 100 cm³/mol. The monoisotopic (exact) mass is 366 g/mol. The van der Waals surface area contributed by atoms with E-state index in [9.17, 15) is 14.4 Å². The van der Waals surface area contributed by atoms with Crippen molar-refractivity contribution in [2.45, 2.75) is 32.4 Å². The van der Waals surface area contributed by atoms with Crippen molar-refractivity contribution < 1.29 is 19.5 Å². The number of nitrogens with zero attached hydrogens (tertiary/aromatic N) is 1. The third kappa shape index (κ3) is 4.94. The Kier molecular flexibility index (Phi) is 5.86. The highest BCUT2D eigenvalue weighted by atomic mass is 16.4. The summed E-state index contributed by atoms with van der Waals surface area (Å²) >= 11 is 0. The first kappa shape index (κ1) is 18.6. The Morgan fingerprint density at radius 2 is 1.74 bits per heavy atom. The molecule has 1 saturated heterocycles. The molecule has 3 rings (SSSR count). The number of hydrogen-bond acceptors (Lipinski definition) is 3. The van der Waals surface area contributed by atoms with Crippen molar-refractivity contribution in [2.24, 2.45) is 0 Å². The zero-order valence-corrected chi connectivity index (χ0v) is 15.0. The van der Waals surface area contributed by atoms with Crippen LogP contribution in [-0.2, 0) is 29.1 Å². The second kappa shape index (κ2) is 8.49. The minimum absolute atomic E-state index is 0.134. The van der Waals surface area contributed by atoms with Gasteiger partial charge in [-0.3, -0.25) is 9.59 Å². The normalized spacial score (nSPS) is 13.6. The van der Waals surface area contributed by atoms with Crippen LogP contribution in [0.5, 0.6) is 0 Å². The van der Waals surface area contributed by atoms with E-state index in [0.717, 1.165) is 29.7 Å². The number of carboxylic acids is 1. The number of carbonyl (C=O) groups excluding carboxylic acids is 2. The molecule has 2 aromatic carbocycles. The van der Waals surface area contributed by atoms with E-state index < -0.39 is 5.97 Å². The van der Waals surface area contributed by atoms with Crippen molar-refractivity contribution in [3.63, 3.8) is 0 Å². The van der Waals surface area contributed by atoms with E-state index >= 15 is 0 Å². The van der Waals surface area contributed by atoms with E-state index in [2.05, 4.69) is 5.32 Å². The van der Waals surface area contributed by atoms with Crippen molar-refractivity contribution in [2.75, 3.05) is 6.54 Å². The Hall–Kier alpha value is -3.15. The lowest BCUT2D eigenvalue weighted by molar-refractivity contribution is -0.128. The van der Waals surface area contributed by atoms with E-state index in [0.29, 0.717) is 19.5 Å². The molecule has 0 radical (unpaired) electrons. The Morgan fingerprint density at radius 3 is 2.37 bits per heavy atom. The molecule has 0 spiro atoms. The molecule has 1 fully saturated rings. The van der Waals surface area contributed by atoms with E-state index in [1.807, 2.05) is 29.2 Å². The number of amides is 2. The van der Waals surface area contributed by atoms with Crippen molar-refractivity contribution in [3.05, 3.63) is 70.8 Å². The predicted octanol–water partition coefficient (Wildman–Crippen LogP) is 2.37. The highest BCUT2D eigenvalue weighted by molar-refractivity contribution is 5.87. The number of hydrogen-bond donors (Lipinski definition) is 2. The maximum absolute atomic E-state index is 12.2. The standard InChI is InChI=1S/C21H22N2O4/c24-19(12-15-7-9-16(10-8-15)21(26)27)22-13-17-4-1-2-5-18(17)14-23-11-3-6-20(23)25/h1-2,4-5,7-10H,3,6,11-14H2,(H,22,24)(H,26,27). The molecule has 0 atom stereocenters. The number of aromatic carboxylic acids is 1. The maximum atomic E-state index is 12.2. The molecule has 6 nitrogen and oxygen atoms in total. The van der Waals surface area contributed by atoms with Crippen LogP contribution >= 0.6 is 0 Å². The molecule has 6 heteroatoms. The van der Waals surface area contributed by atoms with Gasteiger partial charge >= 0.3 is 5.97 Å². The van der Waals surface area contributed by atoms with Gasteiger partial charge in [0.05, 0.1) is 12.0 Å². The molecule has 0 aromatic heterocycles. The van der Waals surface area contributed by atoms with E-state index in [1.165, 1.54) is 12.1 Å². The second-order valence-electron chi connectivity index (χ2n) is 6.64. The fourth-order valence-corrected chi connectivity index (χ4v) is 3.17. The third-order valence-electron chi connectivity index (χ3n) is 4.69. The first-order valence-electron chi connectivity index (χ1n) is 8.96. The van der Waals surface area contributed by atoms with E-state index in [-0.39, 0.29) is 23.8 Å². The molecule has 2 N–H and O–H groups in total. The summed E-state index contributed by atoms with van der Waals surface area (Å²) in [6.45, 7) is 1.75. The SMILES string of the molecule is O=C(Cc1ccc(C(=O)O)cc1)NCc1ccccc1CN1CCCC1=O. The topological polar surface area (TPSA) is 86.7 Å². The zero-order chi connectivity index (χ0) is 19.2. The molecule has 2 aromatic rings. The average Bonchev–Trinajstić information content (AvgIpc) is 3.06. The molecule has 0 aliphatic carbocycles. The van der Waals surface area contributed by atoms with Crippen LogP contribution in [0.2, 0.25) is 0 Å². The quantitative estimate of drug-likeness (QED) is 0.788. The van der Waals surface area contributed by atoms with Gasteiger partial charge in [0.25, 0.3) is 0 Å². The third-order valence-corrected chi connectivity index (χ3v) is 4.69. The van der Waals surface area contributed by atoms with Gasteiger partial charge in [-0.1, -0.05) is 36.4 Å². The van der Waals surface area contributed by atoms with Gasteiger partial charge in [-0.05, 0) is 35.2 Å². The highest BCUT2D eigenvalue weighted by Gasteiger charge is 2.20. The molecular weight excluding hydrogens is 344 g/mol. The van der Waals surface area contributed by atoms with Crippen LogP contribution in [0.25, 0.3) is 0 Å². The van der Waals surface area contributed by atoms with Crippen LogP contribution in [-0.4, -0.2) is 34.3 Å². The highest BCUT2D eigenvalue weighted by Crippen LogP contribution is 2.17. The van der Waals surface area contributed by atoms with Gasteiger partial charge in [0.15, 0.2) is 0 Å². The molecule has 2 amide bonds. The minimum atomic E-state index is -0.987. The van der Waals surface area contributed by atoms with Gasteiger partial charge in [0, 0.05) is 26.1 Å². The van der Waals surface area contributed by atoms with Gasteiger partial charge in [-0.2, -0.15) is 0 Å². The number of nitrogens with one attached hydrogen (secondary N) is 1. The van der Waals surface area contributed by atoms with Crippen LogP contribution in [0.4, 0.5) is 0 Å². The van der Waals surface area contributed by atoms with Crippen molar-refractivity contribution >= 4 is 17.8 Å². The first-order valence-corrected chi connectivity index (χ1v) is 8.96. The summed E-state index contributed by atoms with van der Waals surface area (Å²) in [6.07, 6.45) is 1.70. The lowest BCUT2D eigenvalue weighted by Gasteiger charge is -2.18. The lowest BCUT2D eigenvalue weighted by Crippen LogP contribution is -2.27. The van der Waals surface area contributed by atoms with Crippen molar-refractivity contribution in [3.8, 4) is 0 Å². The smallest absolute Gasteiger partial charge is 0.335 e. The summed E-state index contributed by atoms with van der Waals surface area (Å²) in [5.74, 6) is -0.942. The zero-order valence-electron chi connectivity index (χ0n) is 15.0. The molecule has 1 aliphatic heterocycles. The average molecular weight is 366 g/mol. The van der Waals surface area contributed by atoms with E-state index in [1.54, 1.807) is 12.1 Å². The Morgan fingerprint density at radius 1 is 1.04 bits per heavy atom. The van der Waals surface area contributed by atoms with Crippen molar-refractivity contribution in [1.82, 2.24) is 10.2 Å². The Balaban J connectivity index is 1.57. The number of rotatable bonds is 7. The van der Waals surface area contributed by atoms with Gasteiger partial charge in [0.1, 0.15) is 0 Å². The summed E-state index contributed by atoms with van der Waals surface area (Å²) in [4.78, 5) is 36.8. The van der Waals surface area contributed by atoms with Crippen LogP contribution in [0.15, 0.2) is 48.5 Å². The molecule has 140 valence electrons. The molecule has 1 heterocycles. The second-order valence-corrected chi connectivity index (χ2v) is 6.64. The summed E-state index contributed by atoms with van der Waals surface area (Å²) in [5.41, 5.74) is 2.99. The number of carbonyl (C=O) groups is 3. The van der Waals surface area contributed by atoms with Gasteiger partial charge < -0.3 is 15.3 Å². The molecule has 27 heavy (non-hydrogen) atoms. The first-order chi connectivity index (χ1) is 13.0. The summed E-state index contributed by atoms with van der Waals surface area (Å²) < 4.78 is 0. The maximum Gasteiger partial charge on any atom is 0.335 e. The van der Waals surface area contributed by atoms with E-state index in [4.69, 9.17) is 5.11 Å². The summed E-state index contributed by atoms with van der Waals surface area (Å²) in [5, 5.41) is 11.8. The largest absolute Gasteiger partial charge is 0.478 e. The Labute approximate surface area is 157 Å². The molecule has 0 bridgehead atoms. The minimum Gasteiger partial charge on any atom is -0.478 e. The van der Waals surface area contributed by atoms with Gasteiger partial charge in [-0.15, -0.1) is 0 Å². The van der Waals surface area contributed by atoms with Crippen molar-refractivity contribution in [1.29, 1.82) is 0 Å². The number of likely N-dealkylation sites (tertiary alicyclic amines) is 1. The van der Waals surface area contributed by atoms with Crippen LogP contribution < -0.4 is 5.32 Å². The van der Waals surface area contributed by atoms with Gasteiger partial charge in [0.2, 0.25) is 11.8 Å². The summed E-state index contributed by atoms with van der Waals surface area (Å²) in [6, 6.07) is 14.1. The number of benzene rings is 2. The van der Waals surface area contributed by atoms with Crippen LogP contribution in [0.1, 0.15) is 39.9 Å². The summed E-state index contributed by atoms with van der Waals surface area (Å²) in [7, 11) is 0. The Bertz CT molecular complexity index is 846.